The minimum Gasteiger partial charge on any atom is -0.454 e. The second kappa shape index (κ2) is 5.58. The molecule has 6 heteroatoms. The highest BCUT2D eigenvalue weighted by Gasteiger charge is 2.19. The van der Waals surface area contributed by atoms with Crippen LogP contribution >= 0.6 is 0 Å². The zero-order chi connectivity index (χ0) is 13.9. The molecule has 0 aliphatic carbocycles. The minimum absolute atomic E-state index is 0.00392. The first-order valence-electron chi connectivity index (χ1n) is 6.82. The number of hydrogen-bond acceptors (Lipinski definition) is 4. The van der Waals surface area contributed by atoms with Crippen LogP contribution in [-0.4, -0.2) is 55.9 Å². The predicted molar refractivity (Wildman–Crippen MR) is 73.9 cm³/mol. The summed E-state index contributed by atoms with van der Waals surface area (Å²) in [6.07, 6.45) is 0. The van der Waals surface area contributed by atoms with E-state index in [0.29, 0.717) is 6.54 Å². The summed E-state index contributed by atoms with van der Waals surface area (Å²) in [5.74, 6) is 1.51. The maximum absolute atomic E-state index is 12.1. The van der Waals surface area contributed by atoms with Crippen molar-refractivity contribution in [2.24, 2.45) is 0 Å². The first kappa shape index (κ1) is 13.1. The fourth-order valence-electron chi connectivity index (χ4n) is 2.35. The normalized spacial score (nSPS) is 18.1. The van der Waals surface area contributed by atoms with E-state index in [1.54, 1.807) is 0 Å². The Labute approximate surface area is 118 Å². The lowest BCUT2D eigenvalue weighted by molar-refractivity contribution is 0.154. The first-order valence-corrected chi connectivity index (χ1v) is 6.82. The molecule has 1 aromatic rings. The summed E-state index contributed by atoms with van der Waals surface area (Å²) < 4.78 is 10.6. The average Bonchev–Trinajstić information content (AvgIpc) is 2.93. The number of carbonyl (C=O) groups is 1. The molecule has 0 atom stereocenters. The molecule has 1 saturated heterocycles. The maximum atomic E-state index is 12.1. The van der Waals surface area contributed by atoms with E-state index in [9.17, 15) is 4.79 Å². The molecule has 6 nitrogen and oxygen atoms in total. The largest absolute Gasteiger partial charge is 0.454 e. The van der Waals surface area contributed by atoms with Crippen molar-refractivity contribution in [2.45, 2.75) is 6.54 Å². The van der Waals surface area contributed by atoms with Gasteiger partial charge < -0.3 is 24.6 Å². The van der Waals surface area contributed by atoms with Crippen LogP contribution in [0.1, 0.15) is 5.56 Å². The number of urea groups is 1. The first-order chi connectivity index (χ1) is 9.72. The fourth-order valence-corrected chi connectivity index (χ4v) is 2.35. The highest BCUT2D eigenvalue weighted by molar-refractivity contribution is 5.74. The summed E-state index contributed by atoms with van der Waals surface area (Å²) in [5.41, 5.74) is 1.01. The van der Waals surface area contributed by atoms with Gasteiger partial charge in [-0.3, -0.25) is 0 Å². The minimum atomic E-state index is -0.00392. The number of likely N-dealkylation sites (N-methyl/N-ethyl adjacent to an activating group) is 1. The Kier molecular flexibility index (Phi) is 3.64. The zero-order valence-electron chi connectivity index (χ0n) is 11.6. The Balaban J connectivity index is 1.53. The molecule has 1 aromatic carbocycles. The molecule has 2 heterocycles. The molecule has 3 rings (SSSR count). The van der Waals surface area contributed by atoms with Crippen molar-refractivity contribution < 1.29 is 14.3 Å². The Morgan fingerprint density at radius 3 is 2.75 bits per heavy atom. The van der Waals surface area contributed by atoms with E-state index in [0.717, 1.165) is 43.2 Å². The van der Waals surface area contributed by atoms with Gasteiger partial charge in [0.25, 0.3) is 0 Å². The molecular weight excluding hydrogens is 258 g/mol. The Bertz CT molecular complexity index is 498. The van der Waals surface area contributed by atoms with Crippen molar-refractivity contribution in [3.05, 3.63) is 23.8 Å². The van der Waals surface area contributed by atoms with Gasteiger partial charge in [-0.2, -0.15) is 0 Å². The van der Waals surface area contributed by atoms with Gasteiger partial charge in [-0.1, -0.05) is 6.07 Å². The van der Waals surface area contributed by atoms with E-state index in [1.807, 2.05) is 23.1 Å². The number of benzene rings is 1. The summed E-state index contributed by atoms with van der Waals surface area (Å²) in [7, 11) is 2.07. The van der Waals surface area contributed by atoms with Crippen molar-refractivity contribution in [3.8, 4) is 11.5 Å². The summed E-state index contributed by atoms with van der Waals surface area (Å²) in [6.45, 7) is 4.19. The zero-order valence-corrected chi connectivity index (χ0v) is 11.6. The third-order valence-corrected chi connectivity index (χ3v) is 3.67. The molecule has 2 aliphatic rings. The lowest BCUT2D eigenvalue weighted by atomic mass is 10.2. The number of amides is 2. The van der Waals surface area contributed by atoms with Crippen molar-refractivity contribution in [2.75, 3.05) is 40.0 Å². The number of carbonyl (C=O) groups excluding carboxylic acids is 1. The van der Waals surface area contributed by atoms with Crippen LogP contribution in [0.5, 0.6) is 11.5 Å². The molecule has 0 bridgehead atoms. The van der Waals surface area contributed by atoms with E-state index in [1.165, 1.54) is 0 Å². The Morgan fingerprint density at radius 2 is 1.95 bits per heavy atom. The number of fused-ring (bicyclic) bond motifs is 1. The second-order valence-corrected chi connectivity index (χ2v) is 5.14. The van der Waals surface area contributed by atoms with Crippen molar-refractivity contribution in [1.29, 1.82) is 0 Å². The van der Waals surface area contributed by atoms with Gasteiger partial charge >= 0.3 is 6.03 Å². The van der Waals surface area contributed by atoms with Crippen LogP contribution in [0.2, 0.25) is 0 Å². The van der Waals surface area contributed by atoms with Crippen LogP contribution in [0.15, 0.2) is 18.2 Å². The second-order valence-electron chi connectivity index (χ2n) is 5.14. The van der Waals surface area contributed by atoms with Gasteiger partial charge in [-0.25, -0.2) is 4.79 Å². The van der Waals surface area contributed by atoms with Crippen LogP contribution < -0.4 is 14.8 Å². The smallest absolute Gasteiger partial charge is 0.317 e. The van der Waals surface area contributed by atoms with E-state index < -0.39 is 0 Å². The quantitative estimate of drug-likeness (QED) is 0.871. The lowest BCUT2D eigenvalue weighted by Crippen LogP contribution is -2.50. The van der Waals surface area contributed by atoms with Crippen LogP contribution in [0.3, 0.4) is 0 Å². The number of rotatable bonds is 2. The lowest BCUT2D eigenvalue weighted by Gasteiger charge is -2.32. The SMILES string of the molecule is CN1CCN(C(=O)NCc2ccc3c(c2)OCO3)CC1. The van der Waals surface area contributed by atoms with Crippen LogP contribution in [0.25, 0.3) is 0 Å². The molecule has 0 spiro atoms. The molecule has 1 N–H and O–H groups in total. The molecule has 20 heavy (non-hydrogen) atoms. The molecule has 0 radical (unpaired) electrons. The number of nitrogens with zero attached hydrogens (tertiary/aromatic N) is 2. The van der Waals surface area contributed by atoms with Crippen LogP contribution in [-0.2, 0) is 6.54 Å². The molecule has 1 fully saturated rings. The Hall–Kier alpha value is -1.95. The van der Waals surface area contributed by atoms with Crippen molar-refractivity contribution >= 4 is 6.03 Å². The topological polar surface area (TPSA) is 54.0 Å². The van der Waals surface area contributed by atoms with Crippen molar-refractivity contribution in [3.63, 3.8) is 0 Å². The van der Waals surface area contributed by atoms with Gasteiger partial charge in [0.15, 0.2) is 11.5 Å². The highest BCUT2D eigenvalue weighted by atomic mass is 16.7. The molecule has 0 unspecified atom stereocenters. The van der Waals surface area contributed by atoms with Crippen LogP contribution in [0, 0.1) is 0 Å². The maximum Gasteiger partial charge on any atom is 0.317 e. The third kappa shape index (κ3) is 2.80. The molecule has 0 saturated carbocycles. The van der Waals surface area contributed by atoms with Gasteiger partial charge in [0.05, 0.1) is 0 Å². The van der Waals surface area contributed by atoms with Gasteiger partial charge in [0.2, 0.25) is 6.79 Å². The van der Waals surface area contributed by atoms with Gasteiger partial charge in [-0.05, 0) is 24.7 Å². The monoisotopic (exact) mass is 277 g/mol. The van der Waals surface area contributed by atoms with Gasteiger partial charge in [0, 0.05) is 32.7 Å². The summed E-state index contributed by atoms with van der Waals surface area (Å²) in [5, 5.41) is 2.95. The predicted octanol–water partition coefficient (Wildman–Crippen LogP) is 0.872. The number of piperazine rings is 1. The van der Waals surface area contributed by atoms with Gasteiger partial charge in [0.1, 0.15) is 0 Å². The summed E-state index contributed by atoms with van der Waals surface area (Å²) in [6, 6.07) is 5.72. The van der Waals surface area contributed by atoms with E-state index >= 15 is 0 Å². The average molecular weight is 277 g/mol. The van der Waals surface area contributed by atoms with Gasteiger partial charge in [-0.15, -0.1) is 0 Å². The Morgan fingerprint density at radius 1 is 1.20 bits per heavy atom. The standard InChI is InChI=1S/C14H19N3O3/c1-16-4-6-17(7-5-16)14(18)15-9-11-2-3-12-13(8-11)20-10-19-12/h2-3,8H,4-7,9-10H2,1H3,(H,15,18). The number of hydrogen-bond donors (Lipinski definition) is 1. The van der Waals surface area contributed by atoms with E-state index in [4.69, 9.17) is 9.47 Å². The number of ether oxygens (including phenoxy) is 2. The summed E-state index contributed by atoms with van der Waals surface area (Å²) in [4.78, 5) is 16.1. The number of nitrogens with one attached hydrogen (secondary N) is 1. The molecule has 108 valence electrons. The summed E-state index contributed by atoms with van der Waals surface area (Å²) >= 11 is 0. The van der Waals surface area contributed by atoms with Crippen molar-refractivity contribution in [1.82, 2.24) is 15.1 Å². The fraction of sp³-hybridized carbons (Fsp3) is 0.500. The molecular formula is C14H19N3O3. The molecule has 2 aliphatic heterocycles. The van der Waals surface area contributed by atoms with E-state index in [-0.39, 0.29) is 12.8 Å². The molecule has 0 aromatic heterocycles. The van der Waals surface area contributed by atoms with E-state index in [2.05, 4.69) is 17.3 Å². The third-order valence-electron chi connectivity index (χ3n) is 3.67. The van der Waals surface area contributed by atoms with Crippen LogP contribution in [0.4, 0.5) is 4.79 Å². The highest BCUT2D eigenvalue weighted by Crippen LogP contribution is 2.32. The molecule has 2 amide bonds.